The Morgan fingerprint density at radius 1 is 1.20 bits per heavy atom. The zero-order chi connectivity index (χ0) is 15.6. The number of unbranched alkanes of at least 4 members (excludes halogenated alkanes) is 1. The number of nitrogens with one attached hydrogen (secondary N) is 1. The van der Waals surface area contributed by atoms with Crippen LogP contribution in [0.5, 0.6) is 0 Å². The van der Waals surface area contributed by atoms with Crippen molar-refractivity contribution in [1.82, 2.24) is 5.32 Å². The monoisotopic (exact) mass is 311 g/mol. The van der Waals surface area contributed by atoms with Crippen LogP contribution in [0.2, 0.25) is 0 Å². The molecule has 0 heterocycles. The minimum Gasteiger partial charge on any atom is -0.396 e. The van der Waals surface area contributed by atoms with Gasteiger partial charge in [-0.2, -0.15) is 0 Å². The van der Waals surface area contributed by atoms with Gasteiger partial charge in [0.05, 0.1) is 12.7 Å². The Bertz CT molecular complexity index is 286. The third kappa shape index (κ3) is 11.8. The predicted molar refractivity (Wildman–Crippen MR) is 79.6 cm³/mol. The zero-order valence-corrected chi connectivity index (χ0v) is 13.9. The maximum Gasteiger partial charge on any atom is 0.472 e. The lowest BCUT2D eigenvalue weighted by Crippen LogP contribution is -2.24. The summed E-state index contributed by atoms with van der Waals surface area (Å²) in [4.78, 5) is 9.42. The molecule has 20 heavy (non-hydrogen) atoms. The normalized spacial score (nSPS) is 16.6. The third-order valence-electron chi connectivity index (χ3n) is 2.67. The number of phosphoric acid groups is 1. The highest BCUT2D eigenvalue weighted by atomic mass is 31.2. The second-order valence-electron chi connectivity index (χ2n) is 5.57. The Kier molecular flexibility index (Phi) is 10.7. The Morgan fingerprint density at radius 2 is 1.85 bits per heavy atom. The van der Waals surface area contributed by atoms with E-state index in [4.69, 9.17) is 9.05 Å². The number of hydrogen-bond donors (Lipinski definition) is 3. The molecule has 0 rings (SSSR count). The number of phosphoric ester groups is 1. The molecule has 2 atom stereocenters. The molecule has 7 heteroatoms. The van der Waals surface area contributed by atoms with Crippen LogP contribution in [0, 0.1) is 5.92 Å². The van der Waals surface area contributed by atoms with Crippen molar-refractivity contribution in [2.75, 3.05) is 19.8 Å². The third-order valence-corrected chi connectivity index (χ3v) is 3.83. The van der Waals surface area contributed by atoms with Gasteiger partial charge in [-0.05, 0) is 33.2 Å². The molecule has 0 aliphatic carbocycles. The number of aliphatic hydroxyl groups is 1. The highest BCUT2D eigenvalue weighted by molar-refractivity contribution is 7.47. The number of rotatable bonds is 12. The molecular formula is C13H30NO5P. The van der Waals surface area contributed by atoms with Gasteiger partial charge in [0.1, 0.15) is 0 Å². The van der Waals surface area contributed by atoms with Crippen LogP contribution in [0.15, 0.2) is 0 Å². The van der Waals surface area contributed by atoms with Gasteiger partial charge in [-0.3, -0.25) is 9.05 Å². The summed E-state index contributed by atoms with van der Waals surface area (Å²) < 4.78 is 21.2. The molecule has 0 aromatic rings. The predicted octanol–water partition coefficient (Wildman–Crippen LogP) is 2.31. The van der Waals surface area contributed by atoms with Gasteiger partial charge in [-0.1, -0.05) is 20.3 Å². The van der Waals surface area contributed by atoms with Gasteiger partial charge in [0, 0.05) is 18.6 Å². The standard InChI is InChI=1S/C13H30NO5P/c1-11(2)14-8-6-5-7-13(9-15)10-18-20(16,17)19-12(3)4/h11-15H,5-10H2,1-4H3,(H,16,17). The van der Waals surface area contributed by atoms with Crippen LogP contribution in [0.3, 0.4) is 0 Å². The molecule has 3 N–H and O–H groups in total. The van der Waals surface area contributed by atoms with Crippen LogP contribution in [0.4, 0.5) is 0 Å². The summed E-state index contributed by atoms with van der Waals surface area (Å²) in [5.74, 6) is -0.134. The second kappa shape index (κ2) is 10.7. The van der Waals surface area contributed by atoms with Gasteiger partial charge < -0.3 is 15.3 Å². The smallest absolute Gasteiger partial charge is 0.396 e. The molecule has 0 amide bonds. The molecule has 0 fully saturated rings. The lowest BCUT2D eigenvalue weighted by molar-refractivity contribution is 0.0889. The molecule has 0 saturated carbocycles. The van der Waals surface area contributed by atoms with Crippen molar-refractivity contribution in [3.63, 3.8) is 0 Å². The van der Waals surface area contributed by atoms with E-state index in [0.717, 1.165) is 25.8 Å². The van der Waals surface area contributed by atoms with Crippen LogP contribution >= 0.6 is 7.82 Å². The molecule has 122 valence electrons. The summed E-state index contributed by atoms with van der Waals surface area (Å²) in [6.07, 6.45) is 2.33. The lowest BCUT2D eigenvalue weighted by atomic mass is 10.0. The van der Waals surface area contributed by atoms with Gasteiger partial charge >= 0.3 is 7.82 Å². The average Bonchev–Trinajstić information content (AvgIpc) is 2.30. The minimum absolute atomic E-state index is 0.0363. The van der Waals surface area contributed by atoms with E-state index in [9.17, 15) is 14.6 Å². The van der Waals surface area contributed by atoms with Crippen molar-refractivity contribution in [3.05, 3.63) is 0 Å². The largest absolute Gasteiger partial charge is 0.472 e. The highest BCUT2D eigenvalue weighted by Crippen LogP contribution is 2.44. The Labute approximate surface area is 122 Å². The molecule has 0 aliphatic heterocycles. The van der Waals surface area contributed by atoms with E-state index in [0.29, 0.717) is 6.04 Å². The summed E-state index contributed by atoms with van der Waals surface area (Å²) in [5, 5.41) is 12.6. The fourth-order valence-electron chi connectivity index (χ4n) is 1.67. The van der Waals surface area contributed by atoms with Crippen LogP contribution in [0.1, 0.15) is 47.0 Å². The first kappa shape index (κ1) is 20.0. The van der Waals surface area contributed by atoms with E-state index >= 15 is 0 Å². The van der Waals surface area contributed by atoms with E-state index in [2.05, 4.69) is 19.2 Å². The fraction of sp³-hybridized carbons (Fsp3) is 1.00. The minimum atomic E-state index is -4.00. The Balaban J connectivity index is 3.84. The number of aliphatic hydroxyl groups excluding tert-OH is 1. The van der Waals surface area contributed by atoms with Gasteiger partial charge in [0.25, 0.3) is 0 Å². The van der Waals surface area contributed by atoms with Crippen LogP contribution in [0.25, 0.3) is 0 Å². The van der Waals surface area contributed by atoms with Crippen molar-refractivity contribution in [1.29, 1.82) is 0 Å². The van der Waals surface area contributed by atoms with E-state index < -0.39 is 7.82 Å². The van der Waals surface area contributed by atoms with Crippen LogP contribution in [-0.2, 0) is 13.6 Å². The van der Waals surface area contributed by atoms with Gasteiger partial charge in [0.15, 0.2) is 0 Å². The molecular weight excluding hydrogens is 281 g/mol. The quantitative estimate of drug-likeness (QED) is 0.379. The van der Waals surface area contributed by atoms with E-state index in [1.165, 1.54) is 0 Å². The molecule has 0 saturated heterocycles. The molecule has 0 bridgehead atoms. The highest BCUT2D eigenvalue weighted by Gasteiger charge is 2.24. The van der Waals surface area contributed by atoms with Crippen molar-refractivity contribution >= 4 is 7.82 Å². The maximum absolute atomic E-state index is 11.5. The maximum atomic E-state index is 11.5. The Hall–Kier alpha value is 0.0300. The van der Waals surface area contributed by atoms with Crippen LogP contribution < -0.4 is 5.32 Å². The number of hydrogen-bond acceptors (Lipinski definition) is 5. The molecule has 0 aliphatic rings. The van der Waals surface area contributed by atoms with E-state index in [1.807, 2.05) is 0 Å². The second-order valence-corrected chi connectivity index (χ2v) is 6.98. The van der Waals surface area contributed by atoms with Crippen molar-refractivity contribution in [3.8, 4) is 0 Å². The zero-order valence-electron chi connectivity index (χ0n) is 13.0. The van der Waals surface area contributed by atoms with Crippen molar-refractivity contribution in [2.24, 2.45) is 5.92 Å². The van der Waals surface area contributed by atoms with E-state index in [1.54, 1.807) is 13.8 Å². The fourth-order valence-corrected chi connectivity index (χ4v) is 2.67. The topological polar surface area (TPSA) is 88.0 Å². The summed E-state index contributed by atoms with van der Waals surface area (Å²) in [5.41, 5.74) is 0. The summed E-state index contributed by atoms with van der Waals surface area (Å²) in [7, 11) is -4.00. The first-order valence-electron chi connectivity index (χ1n) is 7.26. The van der Waals surface area contributed by atoms with Crippen LogP contribution in [-0.4, -0.2) is 41.9 Å². The molecule has 0 aromatic heterocycles. The van der Waals surface area contributed by atoms with Gasteiger partial charge in [-0.15, -0.1) is 0 Å². The lowest BCUT2D eigenvalue weighted by Gasteiger charge is -2.18. The van der Waals surface area contributed by atoms with Crippen molar-refractivity contribution in [2.45, 2.75) is 59.1 Å². The average molecular weight is 311 g/mol. The molecule has 6 nitrogen and oxygen atoms in total. The SMILES string of the molecule is CC(C)NCCCCC(CO)COP(=O)(O)OC(C)C. The summed E-state index contributed by atoms with van der Waals surface area (Å²) in [6.45, 7) is 8.43. The van der Waals surface area contributed by atoms with Gasteiger partial charge in [0.2, 0.25) is 0 Å². The first-order valence-corrected chi connectivity index (χ1v) is 8.76. The summed E-state index contributed by atoms with van der Waals surface area (Å²) in [6, 6.07) is 0.473. The molecule has 2 unspecified atom stereocenters. The Morgan fingerprint density at radius 3 is 2.35 bits per heavy atom. The molecule has 0 radical (unpaired) electrons. The van der Waals surface area contributed by atoms with Gasteiger partial charge in [-0.25, -0.2) is 4.57 Å². The molecule has 0 aromatic carbocycles. The van der Waals surface area contributed by atoms with Crippen molar-refractivity contribution < 1.29 is 23.6 Å². The molecule has 0 spiro atoms. The van der Waals surface area contributed by atoms with E-state index in [-0.39, 0.29) is 25.2 Å². The first-order chi connectivity index (χ1) is 9.26. The summed E-state index contributed by atoms with van der Waals surface area (Å²) >= 11 is 0.